The van der Waals surface area contributed by atoms with Crippen LogP contribution < -0.4 is 10.5 Å². The van der Waals surface area contributed by atoms with E-state index in [2.05, 4.69) is 15.9 Å². The highest BCUT2D eigenvalue weighted by molar-refractivity contribution is 9.10. The maximum atomic E-state index is 13.1. The largest absolute Gasteiger partial charge is 0.454 e. The summed E-state index contributed by atoms with van der Waals surface area (Å²) in [5.74, 6) is 0.0590. The van der Waals surface area contributed by atoms with Crippen LogP contribution in [0.4, 0.5) is 10.1 Å². The first-order valence-corrected chi connectivity index (χ1v) is 6.39. The fourth-order valence-electron chi connectivity index (χ4n) is 1.31. The summed E-state index contributed by atoms with van der Waals surface area (Å²) in [5, 5.41) is 0.350. The molecule has 0 saturated carbocycles. The molecule has 2 N–H and O–H groups in total. The highest BCUT2D eigenvalue weighted by Gasteiger charge is 2.10. The Morgan fingerprint density at radius 3 is 2.50 bits per heavy atom. The Kier molecular flexibility index (Phi) is 4.00. The van der Waals surface area contributed by atoms with Crippen LogP contribution in [0.3, 0.4) is 0 Å². The van der Waals surface area contributed by atoms with E-state index in [4.69, 9.17) is 33.7 Å². The van der Waals surface area contributed by atoms with Crippen LogP contribution in [0.2, 0.25) is 10.0 Å². The molecule has 0 saturated heterocycles. The third-order valence-electron chi connectivity index (χ3n) is 2.17. The summed E-state index contributed by atoms with van der Waals surface area (Å²) in [6, 6.07) is 7.53. The van der Waals surface area contributed by atoms with Gasteiger partial charge in [0.2, 0.25) is 0 Å². The van der Waals surface area contributed by atoms with E-state index >= 15 is 0 Å². The molecule has 0 unspecified atom stereocenters. The number of nitrogens with two attached hydrogens (primary N) is 1. The van der Waals surface area contributed by atoms with Crippen LogP contribution >= 0.6 is 39.1 Å². The van der Waals surface area contributed by atoms with Crippen LogP contribution in [0.5, 0.6) is 11.5 Å². The number of hydrogen-bond acceptors (Lipinski definition) is 2. The molecule has 0 bridgehead atoms. The molecule has 2 aromatic carbocycles. The smallest absolute Gasteiger partial charge is 0.152 e. The predicted octanol–water partition coefficient (Wildman–Crippen LogP) is 5.27. The van der Waals surface area contributed by atoms with Crippen LogP contribution in [-0.4, -0.2) is 0 Å². The average Bonchev–Trinajstić information content (AvgIpc) is 2.30. The van der Waals surface area contributed by atoms with E-state index in [1.54, 1.807) is 18.2 Å². The lowest BCUT2D eigenvalue weighted by molar-refractivity contribution is 0.483. The second-order valence-electron chi connectivity index (χ2n) is 3.48. The highest BCUT2D eigenvalue weighted by Crippen LogP contribution is 2.36. The maximum absolute atomic E-state index is 13.1. The van der Waals surface area contributed by atoms with Gasteiger partial charge in [0, 0.05) is 16.6 Å². The van der Waals surface area contributed by atoms with Gasteiger partial charge in [0.15, 0.2) is 5.75 Å². The van der Waals surface area contributed by atoms with E-state index in [1.165, 1.54) is 6.07 Å². The Bertz CT molecular complexity index is 607. The lowest BCUT2D eigenvalue weighted by atomic mass is 10.3. The molecule has 0 aromatic heterocycles. The first kappa shape index (κ1) is 13.5. The van der Waals surface area contributed by atoms with E-state index in [-0.39, 0.29) is 16.5 Å². The normalized spacial score (nSPS) is 10.4. The molecule has 18 heavy (non-hydrogen) atoms. The fraction of sp³-hybridized carbons (Fsp3) is 0. The van der Waals surface area contributed by atoms with Gasteiger partial charge in [-0.15, -0.1) is 0 Å². The molecule has 2 rings (SSSR count). The lowest BCUT2D eigenvalue weighted by Gasteiger charge is -2.11. The van der Waals surface area contributed by atoms with E-state index in [0.717, 1.165) is 10.5 Å². The molecule has 0 atom stereocenters. The second-order valence-corrected chi connectivity index (χ2v) is 5.21. The molecule has 0 radical (unpaired) electrons. The monoisotopic (exact) mass is 349 g/mol. The van der Waals surface area contributed by atoms with Gasteiger partial charge in [0.05, 0.1) is 15.7 Å². The van der Waals surface area contributed by atoms with Gasteiger partial charge in [0.1, 0.15) is 11.6 Å². The minimum atomic E-state index is -0.596. The third-order valence-corrected chi connectivity index (χ3v) is 3.26. The summed E-state index contributed by atoms with van der Waals surface area (Å²) in [6.07, 6.45) is 0. The fourth-order valence-corrected chi connectivity index (χ4v) is 1.96. The number of nitrogen functional groups attached to an aromatic ring is 1. The summed E-state index contributed by atoms with van der Waals surface area (Å²) in [7, 11) is 0. The molecule has 0 aliphatic heterocycles. The molecule has 0 heterocycles. The minimum Gasteiger partial charge on any atom is -0.454 e. The summed E-state index contributed by atoms with van der Waals surface area (Å²) in [5.41, 5.74) is 5.79. The molecule has 0 spiro atoms. The Hall–Kier alpha value is -0.970. The molecule has 94 valence electrons. The van der Waals surface area contributed by atoms with Crippen molar-refractivity contribution in [3.63, 3.8) is 0 Å². The number of benzene rings is 2. The van der Waals surface area contributed by atoms with Crippen molar-refractivity contribution in [1.82, 2.24) is 0 Å². The lowest BCUT2D eigenvalue weighted by Crippen LogP contribution is -1.94. The third kappa shape index (κ3) is 2.88. The zero-order valence-corrected chi connectivity index (χ0v) is 12.0. The topological polar surface area (TPSA) is 35.2 Å². The minimum absolute atomic E-state index is 0.0645. The van der Waals surface area contributed by atoms with Gasteiger partial charge in [-0.05, 0) is 18.2 Å². The number of halogens is 4. The van der Waals surface area contributed by atoms with Gasteiger partial charge in [-0.2, -0.15) is 0 Å². The summed E-state index contributed by atoms with van der Waals surface area (Å²) >= 11 is 14.9. The molecule has 6 heteroatoms. The van der Waals surface area contributed by atoms with E-state index in [0.29, 0.717) is 10.8 Å². The summed E-state index contributed by atoms with van der Waals surface area (Å²) in [4.78, 5) is 0. The predicted molar refractivity (Wildman–Crippen MR) is 75.0 cm³/mol. The van der Waals surface area contributed by atoms with Gasteiger partial charge < -0.3 is 10.5 Å². The molecular formula is C12H7BrCl2FNO. The Balaban J connectivity index is 2.40. The molecular weight excluding hydrogens is 344 g/mol. The van der Waals surface area contributed by atoms with Crippen LogP contribution in [0, 0.1) is 5.82 Å². The van der Waals surface area contributed by atoms with Crippen LogP contribution in [0.15, 0.2) is 34.8 Å². The van der Waals surface area contributed by atoms with Gasteiger partial charge in [0.25, 0.3) is 0 Å². The zero-order valence-electron chi connectivity index (χ0n) is 8.88. The number of ether oxygens (including phenoxy) is 1. The number of rotatable bonds is 2. The molecule has 0 aliphatic rings. The molecule has 0 fully saturated rings. The van der Waals surface area contributed by atoms with Gasteiger partial charge in [-0.25, -0.2) is 4.39 Å². The first-order chi connectivity index (χ1) is 8.47. The maximum Gasteiger partial charge on any atom is 0.152 e. The van der Waals surface area contributed by atoms with Crippen molar-refractivity contribution >= 4 is 44.8 Å². The number of hydrogen-bond donors (Lipinski definition) is 1. The van der Waals surface area contributed by atoms with Crippen molar-refractivity contribution in [1.29, 1.82) is 0 Å². The van der Waals surface area contributed by atoms with Gasteiger partial charge in [-0.1, -0.05) is 39.1 Å². The van der Waals surface area contributed by atoms with Crippen molar-refractivity contribution in [2.45, 2.75) is 0 Å². The SMILES string of the molecule is Nc1cc(F)c(Cl)cc1Oc1cc(Br)ccc1Cl. The molecule has 2 nitrogen and oxygen atoms in total. The number of anilines is 1. The van der Waals surface area contributed by atoms with Crippen molar-refractivity contribution in [3.05, 3.63) is 50.7 Å². The van der Waals surface area contributed by atoms with Crippen LogP contribution in [0.1, 0.15) is 0 Å². The average molecular weight is 351 g/mol. The van der Waals surface area contributed by atoms with Crippen molar-refractivity contribution < 1.29 is 9.13 Å². The Labute approximate surface area is 122 Å². The van der Waals surface area contributed by atoms with Crippen molar-refractivity contribution in [3.8, 4) is 11.5 Å². The Morgan fingerprint density at radius 1 is 1.06 bits per heavy atom. The standard InChI is InChI=1S/C12H7BrCl2FNO/c13-6-1-2-7(14)11(3-6)18-12-4-8(15)9(16)5-10(12)17/h1-5H,17H2. The quantitative estimate of drug-likeness (QED) is 0.749. The van der Waals surface area contributed by atoms with Crippen LogP contribution in [0.25, 0.3) is 0 Å². The highest BCUT2D eigenvalue weighted by atomic mass is 79.9. The van der Waals surface area contributed by atoms with Gasteiger partial charge in [-0.3, -0.25) is 0 Å². The summed E-state index contributed by atoms with van der Waals surface area (Å²) in [6.45, 7) is 0. The van der Waals surface area contributed by atoms with E-state index < -0.39 is 5.82 Å². The van der Waals surface area contributed by atoms with Crippen molar-refractivity contribution in [2.24, 2.45) is 0 Å². The van der Waals surface area contributed by atoms with E-state index in [1.807, 2.05) is 0 Å². The van der Waals surface area contributed by atoms with Crippen molar-refractivity contribution in [2.75, 3.05) is 5.73 Å². The van der Waals surface area contributed by atoms with Gasteiger partial charge >= 0.3 is 0 Å². The molecule has 0 aliphatic carbocycles. The second kappa shape index (κ2) is 5.34. The molecule has 0 amide bonds. The summed E-state index contributed by atoms with van der Waals surface area (Å²) < 4.78 is 19.5. The Morgan fingerprint density at radius 2 is 1.78 bits per heavy atom. The molecule has 2 aromatic rings. The first-order valence-electron chi connectivity index (χ1n) is 4.85. The van der Waals surface area contributed by atoms with Crippen LogP contribution in [-0.2, 0) is 0 Å². The zero-order chi connectivity index (χ0) is 13.3. The van der Waals surface area contributed by atoms with E-state index in [9.17, 15) is 4.39 Å².